The summed E-state index contributed by atoms with van der Waals surface area (Å²) in [6, 6.07) is 0. The van der Waals surface area contributed by atoms with Gasteiger partial charge in [0.25, 0.3) is 16.7 Å². The van der Waals surface area contributed by atoms with E-state index in [9.17, 15) is 33.9 Å². The molecule has 20 nitrogen and oxygen atoms in total. The minimum atomic E-state index is -0.816. The van der Waals surface area contributed by atoms with Gasteiger partial charge in [0.2, 0.25) is 0 Å². The van der Waals surface area contributed by atoms with Crippen LogP contribution in [0, 0.1) is 20.8 Å². The number of H-pyrrole nitrogens is 3. The second-order valence-corrected chi connectivity index (χ2v) is 11.6. The Morgan fingerprint density at radius 2 is 0.981 bits per heavy atom. The number of aliphatic hydroxyl groups is 5. The van der Waals surface area contributed by atoms with E-state index >= 15 is 0 Å². The van der Waals surface area contributed by atoms with Crippen LogP contribution in [-0.2, 0) is 14.2 Å². The van der Waals surface area contributed by atoms with Gasteiger partial charge in [0.15, 0.2) is 12.5 Å². The van der Waals surface area contributed by atoms with E-state index in [1.54, 1.807) is 52.0 Å². The molecule has 3 aromatic heterocycles. The summed E-state index contributed by atoms with van der Waals surface area (Å²) in [4.78, 5) is 74.6. The van der Waals surface area contributed by atoms with Gasteiger partial charge in [0, 0.05) is 48.3 Å². The third kappa shape index (κ3) is 10.6. The molecule has 0 saturated carbocycles. The third-order valence-electron chi connectivity index (χ3n) is 7.65. The Morgan fingerprint density at radius 3 is 1.31 bits per heavy atom. The van der Waals surface area contributed by atoms with Crippen LogP contribution in [0.15, 0.2) is 71.7 Å². The van der Waals surface area contributed by atoms with Crippen LogP contribution in [0.2, 0.25) is 0 Å². The summed E-state index contributed by atoms with van der Waals surface area (Å²) < 4.78 is 19.8. The van der Waals surface area contributed by atoms with Gasteiger partial charge < -0.3 is 39.7 Å². The van der Waals surface area contributed by atoms with E-state index < -0.39 is 76.8 Å². The second kappa shape index (κ2) is 19.2. The van der Waals surface area contributed by atoms with Crippen LogP contribution in [0.1, 0.15) is 48.7 Å². The number of aromatic nitrogens is 6. The van der Waals surface area contributed by atoms with E-state index in [2.05, 4.69) is 15.0 Å². The average molecular weight is 737 g/mol. The fraction of sp³-hybridized carbons (Fsp3) is 0.500. The van der Waals surface area contributed by atoms with Crippen LogP contribution < -0.4 is 33.7 Å². The largest absolute Gasteiger partial charge is 0.397 e. The SMILES string of the molecule is CCO.Cc1cn([C@H]2C=C[C@@H](CO)O2)c(=O)[nH]c1=O.Cc1cn([C@H]2C=C[C@@H](CO)O2)c(=O)[nH]c1=O.Cc1cn([C@H]2CC(O)[C@@H](CO)O2)c(=O)[nH]c1=O. The molecule has 6 heterocycles. The second-order valence-electron chi connectivity index (χ2n) is 11.6. The number of nitrogens with one attached hydrogen (secondary N) is 3. The summed E-state index contributed by atoms with van der Waals surface area (Å²) in [6.07, 6.45) is 7.05. The number of hydrogen-bond acceptors (Lipinski definition) is 14. The number of aliphatic hydroxyl groups excluding tert-OH is 5. The molecule has 6 rings (SSSR count). The summed E-state index contributed by atoms with van der Waals surface area (Å²) in [5, 5.41) is 43.8. The van der Waals surface area contributed by atoms with Gasteiger partial charge >= 0.3 is 17.1 Å². The molecule has 1 fully saturated rings. The molecule has 0 bridgehead atoms. The number of ether oxygens (including phenoxy) is 3. The van der Waals surface area contributed by atoms with Crippen molar-refractivity contribution in [1.29, 1.82) is 0 Å². The lowest BCUT2D eigenvalue weighted by molar-refractivity contribution is -0.0459. The predicted octanol–water partition coefficient (Wildman–Crippen LogP) is -2.93. The van der Waals surface area contributed by atoms with E-state index in [-0.39, 0.29) is 32.8 Å². The van der Waals surface area contributed by atoms with Crippen molar-refractivity contribution >= 4 is 0 Å². The molecule has 0 radical (unpaired) electrons. The Balaban J connectivity index is 0.000000202. The number of aryl methyl sites for hydroxylation is 3. The minimum absolute atomic E-state index is 0.135. The van der Waals surface area contributed by atoms with Gasteiger partial charge in [-0.2, -0.15) is 0 Å². The molecular formula is C32H44N6O14. The highest BCUT2D eigenvalue weighted by Gasteiger charge is 2.35. The van der Waals surface area contributed by atoms with Crippen molar-refractivity contribution in [2.45, 2.75) is 77.2 Å². The Kier molecular flexibility index (Phi) is 15.3. The number of aromatic amines is 3. The van der Waals surface area contributed by atoms with Crippen molar-refractivity contribution in [2.75, 3.05) is 26.4 Å². The maximum Gasteiger partial charge on any atom is 0.330 e. The fourth-order valence-electron chi connectivity index (χ4n) is 4.90. The standard InChI is InChI=1S/C10H14N2O5.2C10H12N2O4.C2H6O/c1-5-3-12(10(16)11-9(5)15)8-2-6(14)7(4-13)17-8;2*1-6-4-12(10(15)11-9(6)14)8-3-2-7(5-13)16-8;1-2-3/h3,6-8,13-14H,2,4H2,1H3,(H,11,15,16);2*2-4,7-8,13H,5H2,1H3,(H,11,14,15);3H,2H2,1H3/t6?,7-,8-;2*7-,8+;/m100./s1. The third-order valence-corrected chi connectivity index (χ3v) is 7.65. The van der Waals surface area contributed by atoms with Crippen molar-refractivity contribution in [3.8, 4) is 0 Å². The van der Waals surface area contributed by atoms with Crippen molar-refractivity contribution in [1.82, 2.24) is 28.7 Å². The maximum absolute atomic E-state index is 11.6. The monoisotopic (exact) mass is 736 g/mol. The molecule has 8 N–H and O–H groups in total. The van der Waals surface area contributed by atoms with E-state index in [1.807, 2.05) is 0 Å². The van der Waals surface area contributed by atoms with Crippen LogP contribution in [0.25, 0.3) is 0 Å². The first kappa shape index (κ1) is 41.6. The molecule has 7 atom stereocenters. The highest BCUT2D eigenvalue weighted by Crippen LogP contribution is 2.27. The molecule has 0 amide bonds. The maximum atomic E-state index is 11.6. The smallest absolute Gasteiger partial charge is 0.330 e. The van der Waals surface area contributed by atoms with Crippen molar-refractivity contribution in [3.05, 3.63) is 122 Å². The number of nitrogens with zero attached hydrogens (tertiary/aromatic N) is 3. The first-order valence-electron chi connectivity index (χ1n) is 16.1. The van der Waals surface area contributed by atoms with E-state index in [0.29, 0.717) is 16.7 Å². The minimum Gasteiger partial charge on any atom is -0.397 e. The number of rotatable bonds is 6. The van der Waals surface area contributed by atoms with E-state index in [4.69, 9.17) is 34.6 Å². The average Bonchev–Trinajstić information content (AvgIpc) is 3.87. The summed E-state index contributed by atoms with van der Waals surface area (Å²) in [5.74, 6) is 0. The summed E-state index contributed by atoms with van der Waals surface area (Å²) in [6.45, 7) is 6.14. The van der Waals surface area contributed by atoms with Crippen molar-refractivity contribution in [2.24, 2.45) is 0 Å². The lowest BCUT2D eigenvalue weighted by Crippen LogP contribution is -2.33. The molecule has 0 spiro atoms. The normalized spacial score (nSPS) is 24.4. The Hall–Kier alpha value is -4.80. The number of hydrogen-bond donors (Lipinski definition) is 8. The van der Waals surface area contributed by atoms with Gasteiger partial charge in [-0.15, -0.1) is 0 Å². The zero-order valence-electron chi connectivity index (χ0n) is 28.9. The van der Waals surface area contributed by atoms with E-state index in [0.717, 1.165) is 0 Å². The predicted molar refractivity (Wildman–Crippen MR) is 183 cm³/mol. The highest BCUT2D eigenvalue weighted by molar-refractivity contribution is 5.08. The molecule has 286 valence electrons. The molecule has 0 aliphatic carbocycles. The van der Waals surface area contributed by atoms with Crippen molar-refractivity contribution in [3.63, 3.8) is 0 Å². The molecule has 3 aliphatic heterocycles. The van der Waals surface area contributed by atoms with Gasteiger partial charge in [-0.1, -0.05) is 12.2 Å². The van der Waals surface area contributed by atoms with Gasteiger partial charge in [-0.05, 0) is 39.8 Å². The zero-order chi connectivity index (χ0) is 38.7. The van der Waals surface area contributed by atoms with Crippen LogP contribution in [0.5, 0.6) is 0 Å². The quantitative estimate of drug-likeness (QED) is 0.118. The molecule has 0 aromatic carbocycles. The topological polar surface area (TPSA) is 293 Å². The molecule has 3 aromatic rings. The Morgan fingerprint density at radius 1 is 0.615 bits per heavy atom. The summed E-state index contributed by atoms with van der Waals surface area (Å²) >= 11 is 0. The van der Waals surface area contributed by atoms with E-state index in [1.165, 1.54) is 32.3 Å². The first-order chi connectivity index (χ1) is 24.7. The molecule has 52 heavy (non-hydrogen) atoms. The molecule has 20 heteroatoms. The zero-order valence-corrected chi connectivity index (χ0v) is 28.9. The molecule has 3 aliphatic rings. The van der Waals surface area contributed by atoms with Crippen LogP contribution >= 0.6 is 0 Å². The van der Waals surface area contributed by atoms with Crippen molar-refractivity contribution < 1.29 is 39.7 Å². The summed E-state index contributed by atoms with van der Waals surface area (Å²) in [7, 11) is 0. The summed E-state index contributed by atoms with van der Waals surface area (Å²) in [5.41, 5.74) is -1.63. The molecule has 1 unspecified atom stereocenters. The van der Waals surface area contributed by atoms with Gasteiger partial charge in [-0.25, -0.2) is 14.4 Å². The fourth-order valence-corrected chi connectivity index (χ4v) is 4.90. The van der Waals surface area contributed by atoms with Crippen LogP contribution in [0.4, 0.5) is 0 Å². The lowest BCUT2D eigenvalue weighted by atomic mass is 10.2. The van der Waals surface area contributed by atoms with Crippen LogP contribution in [-0.4, -0.2) is 105 Å². The van der Waals surface area contributed by atoms with Gasteiger partial charge in [-0.3, -0.25) is 43.0 Å². The Labute approximate surface area is 294 Å². The van der Waals surface area contributed by atoms with Gasteiger partial charge in [0.05, 0.1) is 25.9 Å². The van der Waals surface area contributed by atoms with Crippen LogP contribution in [0.3, 0.4) is 0 Å². The highest BCUT2D eigenvalue weighted by atomic mass is 16.5. The Bertz CT molecular complexity index is 1960. The lowest BCUT2D eigenvalue weighted by Gasteiger charge is -2.14. The van der Waals surface area contributed by atoms with Gasteiger partial charge in [0.1, 0.15) is 24.5 Å². The molecule has 1 saturated heterocycles. The molecular weight excluding hydrogens is 692 g/mol. The first-order valence-corrected chi connectivity index (χ1v) is 16.1.